The Hall–Kier alpha value is -1.59. The molecule has 0 radical (unpaired) electrons. The Kier molecular flexibility index (Phi) is 3.06. The van der Waals surface area contributed by atoms with E-state index in [1.165, 1.54) is 7.05 Å². The molecule has 0 spiro atoms. The van der Waals surface area contributed by atoms with E-state index < -0.39 is 12.0 Å². The van der Waals surface area contributed by atoms with Crippen LogP contribution in [0, 0.1) is 0 Å². The summed E-state index contributed by atoms with van der Waals surface area (Å²) in [6, 6.07) is -0.549. The molecule has 0 aromatic carbocycles. The molecule has 0 saturated carbocycles. The second-order valence-corrected chi connectivity index (χ2v) is 3.25. The largest absolute Gasteiger partial charge is 0.480 e. The Morgan fingerprint density at radius 3 is 2.71 bits per heavy atom. The number of carbonyl (C=O) groups excluding carboxylic acids is 2. The number of aliphatic carboxylic acids is 1. The zero-order valence-corrected chi connectivity index (χ0v) is 7.82. The predicted molar refractivity (Wildman–Crippen MR) is 46.4 cm³/mol. The Morgan fingerprint density at radius 2 is 2.29 bits per heavy atom. The number of nitrogens with zero attached hydrogens (tertiary/aromatic N) is 1. The number of carboxylic acids is 1. The highest BCUT2D eigenvalue weighted by Gasteiger charge is 2.29. The number of hydrogen-bond acceptors (Lipinski definition) is 3. The van der Waals surface area contributed by atoms with Crippen molar-refractivity contribution in [3.63, 3.8) is 0 Å². The molecule has 78 valence electrons. The number of hydrogen-bond donors (Lipinski definition) is 2. The van der Waals surface area contributed by atoms with Gasteiger partial charge in [0, 0.05) is 13.5 Å². The molecule has 6 heteroatoms. The Bertz CT molecular complexity index is 277. The van der Waals surface area contributed by atoms with Crippen molar-refractivity contribution < 1.29 is 19.5 Å². The molecule has 0 bridgehead atoms. The molecular weight excluding hydrogens is 188 g/mol. The molecule has 14 heavy (non-hydrogen) atoms. The van der Waals surface area contributed by atoms with Gasteiger partial charge in [0.1, 0.15) is 12.6 Å². The average Bonchev–Trinajstić information content (AvgIpc) is 2.49. The van der Waals surface area contributed by atoms with E-state index in [1.54, 1.807) is 0 Å². The van der Waals surface area contributed by atoms with Crippen LogP contribution in [0.3, 0.4) is 0 Å². The zero-order chi connectivity index (χ0) is 10.7. The van der Waals surface area contributed by atoms with Crippen molar-refractivity contribution in [2.45, 2.75) is 18.9 Å². The van der Waals surface area contributed by atoms with E-state index in [2.05, 4.69) is 5.32 Å². The highest BCUT2D eigenvalue weighted by atomic mass is 16.4. The monoisotopic (exact) mass is 200 g/mol. The van der Waals surface area contributed by atoms with Gasteiger partial charge in [-0.1, -0.05) is 0 Å². The first-order chi connectivity index (χ1) is 6.50. The van der Waals surface area contributed by atoms with Crippen LogP contribution in [-0.4, -0.2) is 47.4 Å². The minimum Gasteiger partial charge on any atom is -0.480 e. The van der Waals surface area contributed by atoms with Crippen molar-refractivity contribution in [1.29, 1.82) is 0 Å². The van der Waals surface area contributed by atoms with Gasteiger partial charge in [-0.2, -0.15) is 0 Å². The minimum absolute atomic E-state index is 0.160. The second kappa shape index (κ2) is 4.08. The maximum absolute atomic E-state index is 11.5. The smallest absolute Gasteiger partial charge is 0.323 e. The van der Waals surface area contributed by atoms with Crippen LogP contribution in [0.25, 0.3) is 0 Å². The molecule has 1 heterocycles. The SMILES string of the molecule is CN(CC(=O)O)C(=O)C1CCC(=O)N1. The van der Waals surface area contributed by atoms with E-state index in [4.69, 9.17) is 5.11 Å². The fourth-order valence-corrected chi connectivity index (χ4v) is 1.35. The summed E-state index contributed by atoms with van der Waals surface area (Å²) in [5, 5.41) is 10.9. The Labute approximate surface area is 80.9 Å². The van der Waals surface area contributed by atoms with E-state index in [9.17, 15) is 14.4 Å². The maximum atomic E-state index is 11.5. The number of carbonyl (C=O) groups is 3. The summed E-state index contributed by atoms with van der Waals surface area (Å²) in [4.78, 5) is 33.7. The molecule has 0 aliphatic carbocycles. The van der Waals surface area contributed by atoms with Crippen LogP contribution in [0.5, 0.6) is 0 Å². The lowest BCUT2D eigenvalue weighted by atomic mass is 10.2. The summed E-state index contributed by atoms with van der Waals surface area (Å²) >= 11 is 0. The molecular formula is C8H12N2O4. The third-order valence-corrected chi connectivity index (χ3v) is 2.04. The Balaban J connectivity index is 2.48. The van der Waals surface area contributed by atoms with Crippen LogP contribution in [0.4, 0.5) is 0 Å². The quantitative estimate of drug-likeness (QED) is 0.599. The average molecular weight is 200 g/mol. The van der Waals surface area contributed by atoms with Gasteiger partial charge in [-0.3, -0.25) is 14.4 Å². The van der Waals surface area contributed by atoms with E-state index in [0.717, 1.165) is 4.90 Å². The summed E-state index contributed by atoms with van der Waals surface area (Å²) in [6.45, 7) is -0.342. The Morgan fingerprint density at radius 1 is 1.64 bits per heavy atom. The van der Waals surface area contributed by atoms with Crippen LogP contribution in [-0.2, 0) is 14.4 Å². The molecule has 0 aromatic heterocycles. The molecule has 1 unspecified atom stereocenters. The first-order valence-electron chi connectivity index (χ1n) is 4.27. The highest BCUT2D eigenvalue weighted by molar-refractivity contribution is 5.91. The lowest BCUT2D eigenvalue weighted by Crippen LogP contribution is -2.44. The van der Waals surface area contributed by atoms with Crippen LogP contribution >= 0.6 is 0 Å². The van der Waals surface area contributed by atoms with Gasteiger partial charge in [0.25, 0.3) is 0 Å². The zero-order valence-electron chi connectivity index (χ0n) is 7.82. The van der Waals surface area contributed by atoms with Gasteiger partial charge in [0.15, 0.2) is 0 Å². The summed E-state index contributed by atoms with van der Waals surface area (Å²) < 4.78 is 0. The fourth-order valence-electron chi connectivity index (χ4n) is 1.35. The number of carboxylic acid groups (broad SMARTS) is 1. The van der Waals surface area contributed by atoms with Gasteiger partial charge in [0.2, 0.25) is 11.8 Å². The van der Waals surface area contributed by atoms with E-state index in [1.807, 2.05) is 0 Å². The normalized spacial score (nSPS) is 20.4. The van der Waals surface area contributed by atoms with Crippen molar-refractivity contribution in [2.75, 3.05) is 13.6 Å². The number of amides is 2. The van der Waals surface area contributed by atoms with E-state index in [0.29, 0.717) is 12.8 Å². The molecule has 1 aliphatic heterocycles. The molecule has 1 rings (SSSR count). The topological polar surface area (TPSA) is 86.7 Å². The third kappa shape index (κ3) is 2.45. The molecule has 6 nitrogen and oxygen atoms in total. The summed E-state index contributed by atoms with van der Waals surface area (Å²) in [6.07, 6.45) is 0.777. The van der Waals surface area contributed by atoms with E-state index >= 15 is 0 Å². The van der Waals surface area contributed by atoms with Gasteiger partial charge < -0.3 is 15.3 Å². The standard InChI is InChI=1S/C8H12N2O4/c1-10(4-7(12)13)8(14)5-2-3-6(11)9-5/h5H,2-4H2,1H3,(H,9,11)(H,12,13). The molecule has 1 atom stereocenters. The lowest BCUT2D eigenvalue weighted by Gasteiger charge is -2.18. The van der Waals surface area contributed by atoms with Crippen molar-refractivity contribution >= 4 is 17.8 Å². The van der Waals surface area contributed by atoms with Crippen LogP contribution in [0.2, 0.25) is 0 Å². The van der Waals surface area contributed by atoms with Crippen molar-refractivity contribution in [1.82, 2.24) is 10.2 Å². The maximum Gasteiger partial charge on any atom is 0.323 e. The molecule has 1 fully saturated rings. The summed E-state index contributed by atoms with van der Waals surface area (Å²) in [5.41, 5.74) is 0. The van der Waals surface area contributed by atoms with Gasteiger partial charge in [0.05, 0.1) is 0 Å². The minimum atomic E-state index is -1.06. The predicted octanol–water partition coefficient (Wildman–Crippen LogP) is -1.19. The van der Waals surface area contributed by atoms with Crippen molar-refractivity contribution in [2.24, 2.45) is 0 Å². The van der Waals surface area contributed by atoms with Crippen molar-refractivity contribution in [3.8, 4) is 0 Å². The first-order valence-corrected chi connectivity index (χ1v) is 4.27. The van der Waals surface area contributed by atoms with Gasteiger partial charge >= 0.3 is 5.97 Å². The van der Waals surface area contributed by atoms with Gasteiger partial charge in [-0.05, 0) is 6.42 Å². The van der Waals surface area contributed by atoms with Crippen LogP contribution in [0.1, 0.15) is 12.8 Å². The molecule has 1 saturated heterocycles. The van der Waals surface area contributed by atoms with Gasteiger partial charge in [-0.25, -0.2) is 0 Å². The van der Waals surface area contributed by atoms with Crippen LogP contribution < -0.4 is 5.32 Å². The molecule has 2 amide bonds. The lowest BCUT2D eigenvalue weighted by molar-refractivity contribution is -0.144. The summed E-state index contributed by atoms with van der Waals surface area (Å²) in [5.74, 6) is -1.57. The third-order valence-electron chi connectivity index (χ3n) is 2.04. The summed E-state index contributed by atoms with van der Waals surface area (Å²) in [7, 11) is 1.40. The van der Waals surface area contributed by atoms with Gasteiger partial charge in [-0.15, -0.1) is 0 Å². The first kappa shape index (κ1) is 10.5. The molecule has 1 aliphatic rings. The number of nitrogens with one attached hydrogen (secondary N) is 1. The van der Waals surface area contributed by atoms with Crippen molar-refractivity contribution in [3.05, 3.63) is 0 Å². The highest BCUT2D eigenvalue weighted by Crippen LogP contribution is 2.08. The van der Waals surface area contributed by atoms with E-state index in [-0.39, 0.29) is 18.4 Å². The second-order valence-electron chi connectivity index (χ2n) is 3.25. The molecule has 2 N–H and O–H groups in total. The molecule has 0 aromatic rings. The van der Waals surface area contributed by atoms with Crippen LogP contribution in [0.15, 0.2) is 0 Å². The number of likely N-dealkylation sites (N-methyl/N-ethyl adjacent to an activating group) is 1. The fraction of sp³-hybridized carbons (Fsp3) is 0.625. The number of rotatable bonds is 3.